The second-order valence-electron chi connectivity index (χ2n) is 2.60. The molecule has 1 aliphatic rings. The molecule has 2 atom stereocenters. The van der Waals surface area contributed by atoms with Gasteiger partial charge in [-0.1, -0.05) is 0 Å². The number of hydrogen-bond donors (Lipinski definition) is 2. The van der Waals surface area contributed by atoms with Crippen LogP contribution in [-0.2, 0) is 9.59 Å². The Bertz CT molecular complexity index is 179. The molecule has 10 heavy (non-hydrogen) atoms. The Morgan fingerprint density at radius 3 is 2.60 bits per heavy atom. The standard InChI is InChI=1S/C6H10N2O2/c1-3-2-4(5(7)9)6(10)8-3/h3-4H,2H2,1H3,(H2,7,9)(H,8,10). The van der Waals surface area contributed by atoms with Crippen molar-refractivity contribution in [3.63, 3.8) is 0 Å². The number of nitrogens with two attached hydrogens (primary N) is 1. The van der Waals surface area contributed by atoms with Crippen LogP contribution in [0.2, 0.25) is 0 Å². The average molecular weight is 142 g/mol. The van der Waals surface area contributed by atoms with Gasteiger partial charge in [-0.3, -0.25) is 9.59 Å². The first-order chi connectivity index (χ1) is 4.61. The van der Waals surface area contributed by atoms with Gasteiger partial charge in [0, 0.05) is 6.04 Å². The molecule has 4 heteroatoms. The first-order valence-electron chi connectivity index (χ1n) is 3.21. The lowest BCUT2D eigenvalue weighted by Gasteiger charge is -1.97. The number of carbonyl (C=O) groups excluding carboxylic acids is 2. The molecule has 0 aliphatic carbocycles. The molecule has 1 saturated heterocycles. The van der Waals surface area contributed by atoms with E-state index >= 15 is 0 Å². The minimum Gasteiger partial charge on any atom is -0.369 e. The molecule has 4 nitrogen and oxygen atoms in total. The minimum absolute atomic E-state index is 0.0880. The van der Waals surface area contributed by atoms with E-state index in [1.807, 2.05) is 6.92 Å². The fourth-order valence-corrected chi connectivity index (χ4v) is 1.11. The lowest BCUT2D eigenvalue weighted by atomic mass is 10.1. The summed E-state index contributed by atoms with van der Waals surface area (Å²) in [5.41, 5.74) is 4.95. The van der Waals surface area contributed by atoms with E-state index in [9.17, 15) is 9.59 Å². The Kier molecular flexibility index (Phi) is 1.61. The Hall–Kier alpha value is -1.06. The Balaban J connectivity index is 2.63. The zero-order chi connectivity index (χ0) is 7.72. The van der Waals surface area contributed by atoms with Gasteiger partial charge in [0.2, 0.25) is 11.8 Å². The molecule has 0 saturated carbocycles. The van der Waals surface area contributed by atoms with Crippen molar-refractivity contribution in [1.29, 1.82) is 0 Å². The molecular weight excluding hydrogens is 132 g/mol. The molecule has 0 aromatic rings. The summed E-state index contributed by atoms with van der Waals surface area (Å²) in [7, 11) is 0. The van der Waals surface area contributed by atoms with Gasteiger partial charge in [-0.15, -0.1) is 0 Å². The summed E-state index contributed by atoms with van der Waals surface area (Å²) < 4.78 is 0. The molecule has 0 radical (unpaired) electrons. The molecule has 1 heterocycles. The predicted octanol–water partition coefficient (Wildman–Crippen LogP) is -1.00. The minimum atomic E-state index is -0.602. The van der Waals surface area contributed by atoms with Crippen molar-refractivity contribution < 1.29 is 9.59 Å². The Morgan fingerprint density at radius 2 is 2.40 bits per heavy atom. The maximum atomic E-state index is 10.8. The largest absolute Gasteiger partial charge is 0.369 e. The number of hydrogen-bond acceptors (Lipinski definition) is 2. The highest BCUT2D eigenvalue weighted by atomic mass is 16.2. The predicted molar refractivity (Wildman–Crippen MR) is 34.9 cm³/mol. The topological polar surface area (TPSA) is 72.2 Å². The van der Waals surface area contributed by atoms with Crippen molar-refractivity contribution in [2.45, 2.75) is 19.4 Å². The summed E-state index contributed by atoms with van der Waals surface area (Å²) in [5, 5.41) is 2.61. The van der Waals surface area contributed by atoms with Gasteiger partial charge in [0.05, 0.1) is 0 Å². The second-order valence-corrected chi connectivity index (χ2v) is 2.60. The average Bonchev–Trinajstić information content (AvgIpc) is 2.10. The molecule has 56 valence electrons. The monoisotopic (exact) mass is 142 g/mol. The van der Waals surface area contributed by atoms with Gasteiger partial charge in [-0.2, -0.15) is 0 Å². The van der Waals surface area contributed by atoms with E-state index in [2.05, 4.69) is 5.32 Å². The first kappa shape index (κ1) is 7.05. The second kappa shape index (κ2) is 2.28. The van der Waals surface area contributed by atoms with E-state index in [4.69, 9.17) is 5.73 Å². The summed E-state index contributed by atoms with van der Waals surface area (Å²) in [6.07, 6.45) is 0.536. The molecule has 0 aromatic heterocycles. The third-order valence-corrected chi connectivity index (χ3v) is 1.64. The third-order valence-electron chi connectivity index (χ3n) is 1.64. The smallest absolute Gasteiger partial charge is 0.232 e. The number of primary amides is 1. The molecule has 2 unspecified atom stereocenters. The molecule has 3 N–H and O–H groups in total. The van der Waals surface area contributed by atoms with Crippen molar-refractivity contribution in [3.05, 3.63) is 0 Å². The number of amides is 2. The van der Waals surface area contributed by atoms with Gasteiger partial charge in [0.15, 0.2) is 0 Å². The number of rotatable bonds is 1. The first-order valence-corrected chi connectivity index (χ1v) is 3.21. The fraction of sp³-hybridized carbons (Fsp3) is 0.667. The van der Waals surface area contributed by atoms with Crippen LogP contribution in [0.4, 0.5) is 0 Å². The number of carbonyl (C=O) groups is 2. The van der Waals surface area contributed by atoms with Gasteiger partial charge in [0.1, 0.15) is 5.92 Å². The zero-order valence-corrected chi connectivity index (χ0v) is 5.76. The maximum absolute atomic E-state index is 10.8. The molecule has 0 bridgehead atoms. The quantitative estimate of drug-likeness (QED) is 0.461. The SMILES string of the molecule is CC1CC(C(N)=O)C(=O)N1. The fourth-order valence-electron chi connectivity index (χ4n) is 1.11. The highest BCUT2D eigenvalue weighted by Gasteiger charge is 2.33. The van der Waals surface area contributed by atoms with Crippen molar-refractivity contribution in [3.8, 4) is 0 Å². The van der Waals surface area contributed by atoms with Crippen LogP contribution in [0, 0.1) is 5.92 Å². The van der Waals surface area contributed by atoms with Gasteiger partial charge < -0.3 is 11.1 Å². The van der Waals surface area contributed by atoms with E-state index in [0.29, 0.717) is 6.42 Å². The summed E-state index contributed by atoms with van der Waals surface area (Å²) in [6, 6.07) is 0.0880. The van der Waals surface area contributed by atoms with Crippen molar-refractivity contribution in [2.75, 3.05) is 0 Å². The van der Waals surface area contributed by atoms with Gasteiger partial charge >= 0.3 is 0 Å². The van der Waals surface area contributed by atoms with E-state index in [-0.39, 0.29) is 11.9 Å². The van der Waals surface area contributed by atoms with Crippen LogP contribution in [0.25, 0.3) is 0 Å². The summed E-state index contributed by atoms with van der Waals surface area (Å²) >= 11 is 0. The van der Waals surface area contributed by atoms with E-state index in [1.165, 1.54) is 0 Å². The van der Waals surface area contributed by atoms with Crippen LogP contribution in [-0.4, -0.2) is 17.9 Å². The normalized spacial score (nSPS) is 31.9. The summed E-state index contributed by atoms with van der Waals surface area (Å²) in [5.74, 6) is -1.36. The highest BCUT2D eigenvalue weighted by Crippen LogP contribution is 2.13. The molecular formula is C6H10N2O2. The number of nitrogens with one attached hydrogen (secondary N) is 1. The lowest BCUT2D eigenvalue weighted by Crippen LogP contribution is -2.30. The zero-order valence-electron chi connectivity index (χ0n) is 5.76. The molecule has 1 aliphatic heterocycles. The highest BCUT2D eigenvalue weighted by molar-refractivity contribution is 6.01. The third kappa shape index (κ3) is 1.10. The van der Waals surface area contributed by atoms with Crippen LogP contribution in [0.1, 0.15) is 13.3 Å². The van der Waals surface area contributed by atoms with Crippen molar-refractivity contribution in [2.24, 2.45) is 11.7 Å². The molecule has 1 fully saturated rings. The molecule has 1 rings (SSSR count). The van der Waals surface area contributed by atoms with Crippen LogP contribution in [0.15, 0.2) is 0 Å². The van der Waals surface area contributed by atoms with Crippen molar-refractivity contribution in [1.82, 2.24) is 5.32 Å². The van der Waals surface area contributed by atoms with Crippen molar-refractivity contribution >= 4 is 11.8 Å². The molecule has 0 aromatic carbocycles. The van der Waals surface area contributed by atoms with Crippen LogP contribution >= 0.6 is 0 Å². The maximum Gasteiger partial charge on any atom is 0.232 e. The van der Waals surface area contributed by atoms with Crippen LogP contribution in [0.3, 0.4) is 0 Å². The van der Waals surface area contributed by atoms with E-state index in [1.54, 1.807) is 0 Å². The van der Waals surface area contributed by atoms with Gasteiger partial charge in [0.25, 0.3) is 0 Å². The van der Waals surface area contributed by atoms with E-state index < -0.39 is 11.8 Å². The van der Waals surface area contributed by atoms with Gasteiger partial charge in [-0.05, 0) is 13.3 Å². The summed E-state index contributed by atoms with van der Waals surface area (Å²) in [4.78, 5) is 21.3. The van der Waals surface area contributed by atoms with E-state index in [0.717, 1.165) is 0 Å². The van der Waals surface area contributed by atoms with Gasteiger partial charge in [-0.25, -0.2) is 0 Å². The Labute approximate surface area is 58.8 Å². The molecule has 2 amide bonds. The Morgan fingerprint density at radius 1 is 1.80 bits per heavy atom. The summed E-state index contributed by atoms with van der Waals surface area (Å²) in [6.45, 7) is 1.85. The van der Waals surface area contributed by atoms with Crippen LogP contribution < -0.4 is 11.1 Å². The molecule has 0 spiro atoms. The lowest BCUT2D eigenvalue weighted by molar-refractivity contribution is -0.131. The van der Waals surface area contributed by atoms with Crippen LogP contribution in [0.5, 0.6) is 0 Å².